The van der Waals surface area contributed by atoms with Crippen LogP contribution in [0.15, 0.2) is 72.8 Å². The van der Waals surface area contributed by atoms with Crippen LogP contribution in [0, 0.1) is 5.82 Å². The number of likely N-dealkylation sites (tertiary alicyclic amines) is 1. The Balaban J connectivity index is 1.29. The van der Waals surface area contributed by atoms with Gasteiger partial charge in [0.25, 0.3) is 0 Å². The number of ether oxygens (including phenoxy) is 2. The Morgan fingerprint density at radius 2 is 1.81 bits per heavy atom. The van der Waals surface area contributed by atoms with Crippen molar-refractivity contribution in [3.05, 3.63) is 89.7 Å². The van der Waals surface area contributed by atoms with Gasteiger partial charge in [-0.05, 0) is 53.9 Å². The number of para-hydroxylation sites is 2. The van der Waals surface area contributed by atoms with Crippen molar-refractivity contribution in [2.45, 2.75) is 25.4 Å². The highest BCUT2D eigenvalue weighted by atomic mass is 19.1. The average molecular weight is 435 g/mol. The van der Waals surface area contributed by atoms with Gasteiger partial charge in [0.1, 0.15) is 11.6 Å². The Kier molecular flexibility index (Phi) is 7.02. The Morgan fingerprint density at radius 3 is 2.59 bits per heavy atom. The third-order valence-electron chi connectivity index (χ3n) is 5.52. The lowest BCUT2D eigenvalue weighted by atomic mass is 10.1. The molecule has 4 rings (SSSR count). The molecule has 166 valence electrons. The molecule has 0 aliphatic carbocycles. The summed E-state index contributed by atoms with van der Waals surface area (Å²) < 4.78 is 24.4. The van der Waals surface area contributed by atoms with Crippen LogP contribution >= 0.6 is 0 Å². The van der Waals surface area contributed by atoms with Crippen LogP contribution < -0.4 is 14.8 Å². The van der Waals surface area contributed by atoms with Gasteiger partial charge in [-0.15, -0.1) is 0 Å². The molecule has 1 amide bonds. The molecule has 6 heteroatoms. The predicted octanol–water partition coefficient (Wildman–Crippen LogP) is 4.56. The number of nitrogens with zero attached hydrogens (tertiary/aromatic N) is 1. The van der Waals surface area contributed by atoms with E-state index in [-0.39, 0.29) is 24.2 Å². The molecule has 1 aliphatic heterocycles. The van der Waals surface area contributed by atoms with Gasteiger partial charge in [0.15, 0.2) is 11.5 Å². The predicted molar refractivity (Wildman–Crippen MR) is 121 cm³/mol. The summed E-state index contributed by atoms with van der Waals surface area (Å²) in [4.78, 5) is 14.7. The molecule has 3 aromatic rings. The van der Waals surface area contributed by atoms with E-state index < -0.39 is 0 Å². The molecular formula is C26H27FN2O3. The zero-order chi connectivity index (χ0) is 22.3. The number of carbonyl (C=O) groups is 1. The maximum absolute atomic E-state index is 13.0. The third kappa shape index (κ3) is 5.86. The van der Waals surface area contributed by atoms with Crippen LogP contribution in [0.25, 0.3) is 0 Å². The first-order chi connectivity index (χ1) is 15.6. The van der Waals surface area contributed by atoms with E-state index in [1.165, 1.54) is 12.1 Å². The van der Waals surface area contributed by atoms with E-state index in [0.717, 1.165) is 42.9 Å². The van der Waals surface area contributed by atoms with Crippen molar-refractivity contribution in [3.8, 4) is 17.2 Å². The monoisotopic (exact) mass is 434 g/mol. The number of amides is 1. The summed E-state index contributed by atoms with van der Waals surface area (Å²) in [5.74, 6) is 1.80. The smallest absolute Gasteiger partial charge is 0.224 e. The molecule has 0 radical (unpaired) electrons. The molecule has 3 aromatic carbocycles. The molecule has 1 N–H and O–H groups in total. The number of hydrogen-bond acceptors (Lipinski definition) is 4. The van der Waals surface area contributed by atoms with Gasteiger partial charge in [-0.3, -0.25) is 9.69 Å². The standard InChI is InChI=1S/C26H27FN2O3/c1-31-24-7-2-3-8-25(24)32-23-6-4-5-20(15-23)17-29-14-13-22(18-29)28-26(30)16-19-9-11-21(27)12-10-19/h2-12,15,22H,13-14,16-18H2,1H3,(H,28,30)/t22-/m1/s1. The van der Waals surface area contributed by atoms with Crippen molar-refractivity contribution in [1.29, 1.82) is 0 Å². The molecule has 1 atom stereocenters. The highest BCUT2D eigenvalue weighted by molar-refractivity contribution is 5.78. The summed E-state index contributed by atoms with van der Waals surface area (Å²) in [6.45, 7) is 2.50. The summed E-state index contributed by atoms with van der Waals surface area (Å²) in [6, 6.07) is 21.8. The molecule has 0 spiro atoms. The number of rotatable bonds is 8. The van der Waals surface area contributed by atoms with Gasteiger partial charge in [0, 0.05) is 25.7 Å². The van der Waals surface area contributed by atoms with Crippen LogP contribution in [-0.2, 0) is 17.8 Å². The van der Waals surface area contributed by atoms with Crippen LogP contribution in [0.5, 0.6) is 17.2 Å². The van der Waals surface area contributed by atoms with Crippen molar-refractivity contribution in [2.24, 2.45) is 0 Å². The SMILES string of the molecule is COc1ccccc1Oc1cccc(CN2CC[C@@H](NC(=O)Cc3ccc(F)cc3)C2)c1. The molecule has 1 saturated heterocycles. The van der Waals surface area contributed by atoms with Gasteiger partial charge in [0.2, 0.25) is 5.91 Å². The Labute approximate surface area is 187 Å². The van der Waals surface area contributed by atoms with Gasteiger partial charge >= 0.3 is 0 Å². The summed E-state index contributed by atoms with van der Waals surface area (Å²) in [6.07, 6.45) is 1.17. The Morgan fingerprint density at radius 1 is 1.03 bits per heavy atom. The van der Waals surface area contributed by atoms with Crippen molar-refractivity contribution in [3.63, 3.8) is 0 Å². The van der Waals surface area contributed by atoms with E-state index in [1.54, 1.807) is 19.2 Å². The largest absolute Gasteiger partial charge is 0.493 e. The first-order valence-electron chi connectivity index (χ1n) is 10.7. The molecule has 0 unspecified atom stereocenters. The molecule has 0 bridgehead atoms. The molecule has 32 heavy (non-hydrogen) atoms. The number of halogens is 1. The summed E-state index contributed by atoms with van der Waals surface area (Å²) in [5.41, 5.74) is 1.96. The molecule has 1 fully saturated rings. The third-order valence-corrected chi connectivity index (χ3v) is 5.52. The Hall–Kier alpha value is -3.38. The summed E-state index contributed by atoms with van der Waals surface area (Å²) >= 11 is 0. The van der Waals surface area contributed by atoms with E-state index in [0.29, 0.717) is 11.5 Å². The maximum atomic E-state index is 13.0. The van der Waals surface area contributed by atoms with Gasteiger partial charge < -0.3 is 14.8 Å². The fourth-order valence-electron chi connectivity index (χ4n) is 3.96. The maximum Gasteiger partial charge on any atom is 0.224 e. The first-order valence-corrected chi connectivity index (χ1v) is 10.7. The first kappa shape index (κ1) is 21.8. The number of nitrogens with one attached hydrogen (secondary N) is 1. The molecule has 0 aromatic heterocycles. The molecule has 1 heterocycles. The number of methoxy groups -OCH3 is 1. The lowest BCUT2D eigenvalue weighted by Gasteiger charge is -2.17. The van der Waals surface area contributed by atoms with Gasteiger partial charge in [-0.1, -0.05) is 36.4 Å². The topological polar surface area (TPSA) is 50.8 Å². The van der Waals surface area contributed by atoms with Gasteiger partial charge in [0.05, 0.1) is 13.5 Å². The second kappa shape index (κ2) is 10.3. The van der Waals surface area contributed by atoms with E-state index in [2.05, 4.69) is 16.3 Å². The van der Waals surface area contributed by atoms with Crippen LogP contribution in [0.3, 0.4) is 0 Å². The van der Waals surface area contributed by atoms with Crippen molar-refractivity contribution >= 4 is 5.91 Å². The number of hydrogen-bond donors (Lipinski definition) is 1. The van der Waals surface area contributed by atoms with Crippen molar-refractivity contribution < 1.29 is 18.7 Å². The van der Waals surface area contributed by atoms with Crippen LogP contribution in [-0.4, -0.2) is 37.0 Å². The lowest BCUT2D eigenvalue weighted by molar-refractivity contribution is -0.121. The van der Waals surface area contributed by atoms with E-state index in [1.807, 2.05) is 42.5 Å². The van der Waals surface area contributed by atoms with Gasteiger partial charge in [-0.25, -0.2) is 4.39 Å². The van der Waals surface area contributed by atoms with Crippen LogP contribution in [0.2, 0.25) is 0 Å². The second-order valence-electron chi connectivity index (χ2n) is 7.99. The lowest BCUT2D eigenvalue weighted by Crippen LogP contribution is -2.37. The minimum Gasteiger partial charge on any atom is -0.493 e. The molecule has 1 aliphatic rings. The minimum absolute atomic E-state index is 0.0318. The number of benzene rings is 3. The fourth-order valence-corrected chi connectivity index (χ4v) is 3.96. The Bertz CT molecular complexity index is 1050. The van der Waals surface area contributed by atoms with Crippen molar-refractivity contribution in [1.82, 2.24) is 10.2 Å². The van der Waals surface area contributed by atoms with Crippen LogP contribution in [0.4, 0.5) is 4.39 Å². The van der Waals surface area contributed by atoms with Crippen LogP contribution in [0.1, 0.15) is 17.5 Å². The summed E-state index contributed by atoms with van der Waals surface area (Å²) in [7, 11) is 1.63. The van der Waals surface area contributed by atoms with Crippen molar-refractivity contribution in [2.75, 3.05) is 20.2 Å². The minimum atomic E-state index is -0.294. The van der Waals surface area contributed by atoms with E-state index in [9.17, 15) is 9.18 Å². The highest BCUT2D eigenvalue weighted by Crippen LogP contribution is 2.31. The molecular weight excluding hydrogens is 407 g/mol. The second-order valence-corrected chi connectivity index (χ2v) is 7.99. The highest BCUT2D eigenvalue weighted by Gasteiger charge is 2.24. The molecule has 5 nitrogen and oxygen atoms in total. The average Bonchev–Trinajstić information content (AvgIpc) is 3.22. The number of carbonyl (C=O) groups excluding carboxylic acids is 1. The fraction of sp³-hybridized carbons (Fsp3) is 0.269. The molecule has 0 saturated carbocycles. The zero-order valence-corrected chi connectivity index (χ0v) is 18.1. The van der Waals surface area contributed by atoms with E-state index >= 15 is 0 Å². The van der Waals surface area contributed by atoms with Gasteiger partial charge in [-0.2, -0.15) is 0 Å². The van der Waals surface area contributed by atoms with E-state index in [4.69, 9.17) is 9.47 Å². The zero-order valence-electron chi connectivity index (χ0n) is 18.1. The summed E-state index contributed by atoms with van der Waals surface area (Å²) in [5, 5.41) is 3.10. The quantitative estimate of drug-likeness (QED) is 0.565. The normalized spacial score (nSPS) is 16.0.